The van der Waals surface area contributed by atoms with E-state index in [1.807, 2.05) is 12.3 Å². The van der Waals surface area contributed by atoms with Crippen molar-refractivity contribution in [2.45, 2.75) is 19.8 Å². The third kappa shape index (κ3) is 5.36. The van der Waals surface area contributed by atoms with Crippen molar-refractivity contribution in [1.29, 1.82) is 0 Å². The molecule has 1 amide bonds. The Morgan fingerprint density at radius 1 is 1.41 bits per heavy atom. The summed E-state index contributed by atoms with van der Waals surface area (Å²) >= 11 is 1.58. The summed E-state index contributed by atoms with van der Waals surface area (Å²) in [5.41, 5.74) is 7.74. The fourth-order valence-electron chi connectivity index (χ4n) is 1.77. The fourth-order valence-corrected chi connectivity index (χ4v) is 2.52. The van der Waals surface area contributed by atoms with E-state index in [0.29, 0.717) is 17.1 Å². The van der Waals surface area contributed by atoms with Gasteiger partial charge in [0, 0.05) is 11.1 Å². The first-order valence-corrected chi connectivity index (χ1v) is 7.17. The Hall–Kier alpha value is -1.50. The summed E-state index contributed by atoms with van der Waals surface area (Å²) in [5.74, 6) is 0.484. The maximum atomic E-state index is 11.9. The van der Waals surface area contributed by atoms with E-state index < -0.39 is 0 Å². The smallest absolute Gasteiger partial charge is 0.230 e. The number of benzene rings is 1. The van der Waals surface area contributed by atoms with Gasteiger partial charge in [-0.3, -0.25) is 4.79 Å². The first kappa shape index (κ1) is 20.5. The Balaban J connectivity index is 0.00000220. The van der Waals surface area contributed by atoms with Gasteiger partial charge in [-0.25, -0.2) is 4.98 Å². The molecule has 1 heterocycles. The molecule has 0 aliphatic heterocycles. The highest BCUT2D eigenvalue weighted by atomic mass is 35.5. The van der Waals surface area contributed by atoms with Crippen LogP contribution in [0.15, 0.2) is 23.6 Å². The molecule has 0 saturated carbocycles. The number of nitrogens with two attached hydrogens (primary N) is 1. The molecule has 8 heteroatoms. The van der Waals surface area contributed by atoms with E-state index in [1.165, 1.54) is 0 Å². The van der Waals surface area contributed by atoms with E-state index in [-0.39, 0.29) is 37.1 Å². The second kappa shape index (κ2) is 9.50. The highest BCUT2D eigenvalue weighted by Crippen LogP contribution is 2.24. The minimum Gasteiger partial charge on any atom is -0.495 e. The summed E-state index contributed by atoms with van der Waals surface area (Å²) < 4.78 is 5.07. The van der Waals surface area contributed by atoms with Crippen molar-refractivity contribution in [3.05, 3.63) is 34.3 Å². The Kier molecular flexibility index (Phi) is 8.86. The van der Waals surface area contributed by atoms with Crippen LogP contribution in [0.25, 0.3) is 0 Å². The second-order valence-corrected chi connectivity index (χ2v) is 5.21. The number of ether oxygens (including phenoxy) is 1. The number of carbonyl (C=O) groups is 1. The Morgan fingerprint density at radius 3 is 2.68 bits per heavy atom. The van der Waals surface area contributed by atoms with Crippen molar-refractivity contribution in [3.63, 3.8) is 0 Å². The number of hydrogen-bond acceptors (Lipinski definition) is 5. The van der Waals surface area contributed by atoms with Gasteiger partial charge < -0.3 is 15.8 Å². The number of anilines is 2. The summed E-state index contributed by atoms with van der Waals surface area (Å²) in [6.45, 7) is 2.04. The van der Waals surface area contributed by atoms with Crippen molar-refractivity contribution in [1.82, 2.24) is 4.98 Å². The Bertz CT molecular complexity index is 620. The number of rotatable bonds is 5. The molecule has 0 fully saturated rings. The van der Waals surface area contributed by atoms with Crippen molar-refractivity contribution >= 4 is 53.4 Å². The molecule has 3 N–H and O–H groups in total. The van der Waals surface area contributed by atoms with Crippen LogP contribution in [0.2, 0.25) is 0 Å². The third-order valence-electron chi connectivity index (χ3n) is 2.76. The molecule has 0 atom stereocenters. The van der Waals surface area contributed by atoms with Gasteiger partial charge in [0.2, 0.25) is 5.91 Å². The van der Waals surface area contributed by atoms with Crippen LogP contribution >= 0.6 is 36.2 Å². The van der Waals surface area contributed by atoms with E-state index in [0.717, 1.165) is 17.1 Å². The lowest BCUT2D eigenvalue weighted by Crippen LogP contribution is -2.14. The van der Waals surface area contributed by atoms with E-state index in [1.54, 1.807) is 36.6 Å². The predicted molar refractivity (Wildman–Crippen MR) is 95.7 cm³/mol. The van der Waals surface area contributed by atoms with Crippen molar-refractivity contribution in [2.24, 2.45) is 0 Å². The van der Waals surface area contributed by atoms with Crippen molar-refractivity contribution in [2.75, 3.05) is 18.2 Å². The molecule has 0 bridgehead atoms. The molecule has 2 rings (SSSR count). The van der Waals surface area contributed by atoms with Crippen molar-refractivity contribution in [3.8, 4) is 5.75 Å². The van der Waals surface area contributed by atoms with Crippen LogP contribution < -0.4 is 15.8 Å². The van der Waals surface area contributed by atoms with Crippen LogP contribution in [0.3, 0.4) is 0 Å². The quantitative estimate of drug-likeness (QED) is 0.798. The minimum atomic E-state index is -0.109. The minimum absolute atomic E-state index is 0. The highest BCUT2D eigenvalue weighted by molar-refractivity contribution is 7.09. The molecule has 0 aliphatic carbocycles. The number of aromatic nitrogens is 1. The molecule has 0 saturated heterocycles. The molecule has 5 nitrogen and oxygen atoms in total. The molecule has 0 unspecified atom stereocenters. The van der Waals surface area contributed by atoms with Crippen molar-refractivity contribution < 1.29 is 9.53 Å². The fraction of sp³-hybridized carbons (Fsp3) is 0.286. The number of amides is 1. The van der Waals surface area contributed by atoms with E-state index >= 15 is 0 Å². The summed E-state index contributed by atoms with van der Waals surface area (Å²) in [6.07, 6.45) is 1.16. The molecule has 22 heavy (non-hydrogen) atoms. The van der Waals surface area contributed by atoms with Crippen LogP contribution in [0, 0.1) is 0 Å². The number of methoxy groups -OCH3 is 1. The molecular weight excluding hydrogens is 345 g/mol. The molecule has 1 aromatic carbocycles. The number of carbonyl (C=O) groups excluding carboxylic acids is 1. The Labute approximate surface area is 146 Å². The van der Waals surface area contributed by atoms with Gasteiger partial charge in [0.05, 0.1) is 29.9 Å². The lowest BCUT2D eigenvalue weighted by Gasteiger charge is -2.08. The molecule has 2 aromatic rings. The molecule has 0 aliphatic rings. The molecule has 1 aromatic heterocycles. The van der Waals surface area contributed by atoms with Gasteiger partial charge in [0.1, 0.15) is 5.75 Å². The molecule has 0 radical (unpaired) electrons. The van der Waals surface area contributed by atoms with Gasteiger partial charge in [-0.15, -0.1) is 36.2 Å². The van der Waals surface area contributed by atoms with Crippen LogP contribution in [0.1, 0.15) is 17.6 Å². The average molecular weight is 364 g/mol. The van der Waals surface area contributed by atoms with Gasteiger partial charge in [0.15, 0.2) is 0 Å². The SMILES string of the molecule is CCc1nc(CC(=O)Nc2ccc(OC)c(N)c2)cs1.Cl.Cl. The van der Waals surface area contributed by atoms with Gasteiger partial charge >= 0.3 is 0 Å². The topological polar surface area (TPSA) is 77.2 Å². The maximum absolute atomic E-state index is 11.9. The standard InChI is InChI=1S/C14H17N3O2S.2ClH/c1-3-14-17-10(8-20-14)7-13(18)16-9-4-5-12(19-2)11(15)6-9;;/h4-6,8H,3,7,15H2,1-2H3,(H,16,18);2*1H. The average Bonchev–Trinajstić information content (AvgIpc) is 2.86. The highest BCUT2D eigenvalue weighted by Gasteiger charge is 2.08. The summed E-state index contributed by atoms with van der Waals surface area (Å²) in [6, 6.07) is 5.16. The third-order valence-corrected chi connectivity index (χ3v) is 3.80. The lowest BCUT2D eigenvalue weighted by molar-refractivity contribution is -0.115. The first-order valence-electron chi connectivity index (χ1n) is 6.29. The van der Waals surface area contributed by atoms with Gasteiger partial charge in [0.25, 0.3) is 0 Å². The number of nitrogens with zero attached hydrogens (tertiary/aromatic N) is 1. The summed E-state index contributed by atoms with van der Waals surface area (Å²) in [7, 11) is 1.55. The Morgan fingerprint density at radius 2 is 2.14 bits per heavy atom. The number of nitrogen functional groups attached to an aromatic ring is 1. The second-order valence-electron chi connectivity index (χ2n) is 4.27. The number of nitrogens with one attached hydrogen (secondary N) is 1. The molecule has 122 valence electrons. The number of aryl methyl sites for hydroxylation is 1. The number of hydrogen-bond donors (Lipinski definition) is 2. The van der Waals surface area contributed by atoms with Gasteiger partial charge in [-0.2, -0.15) is 0 Å². The normalized spacial score (nSPS) is 9.36. The largest absolute Gasteiger partial charge is 0.495 e. The zero-order valence-corrected chi connectivity index (χ0v) is 14.7. The van der Waals surface area contributed by atoms with E-state index in [9.17, 15) is 4.79 Å². The number of thiazole rings is 1. The zero-order chi connectivity index (χ0) is 14.5. The van der Waals surface area contributed by atoms with Gasteiger partial charge in [-0.05, 0) is 24.6 Å². The maximum Gasteiger partial charge on any atom is 0.230 e. The van der Waals surface area contributed by atoms with Crippen LogP contribution in [0.5, 0.6) is 5.75 Å². The van der Waals surface area contributed by atoms with E-state index in [4.69, 9.17) is 10.5 Å². The van der Waals surface area contributed by atoms with Crippen LogP contribution in [0.4, 0.5) is 11.4 Å². The lowest BCUT2D eigenvalue weighted by atomic mass is 10.2. The van der Waals surface area contributed by atoms with Gasteiger partial charge in [-0.1, -0.05) is 6.92 Å². The summed E-state index contributed by atoms with van der Waals surface area (Å²) in [5, 5.41) is 5.76. The predicted octanol–water partition coefficient (Wildman–Crippen LogP) is 3.32. The monoisotopic (exact) mass is 363 g/mol. The molecular formula is C14H19Cl2N3O2S. The van der Waals surface area contributed by atoms with Crippen LogP contribution in [-0.4, -0.2) is 18.0 Å². The molecule has 0 spiro atoms. The first-order chi connectivity index (χ1) is 9.62. The van der Waals surface area contributed by atoms with Crippen LogP contribution in [-0.2, 0) is 17.6 Å². The zero-order valence-electron chi connectivity index (χ0n) is 12.3. The van der Waals surface area contributed by atoms with E-state index in [2.05, 4.69) is 10.3 Å². The summed E-state index contributed by atoms with van der Waals surface area (Å²) in [4.78, 5) is 16.3. The number of halogens is 2.